The minimum Gasteiger partial charge on any atom is -0.480 e. The third kappa shape index (κ3) is 4.54. The zero-order valence-corrected chi connectivity index (χ0v) is 13.4. The van der Waals surface area contributed by atoms with Crippen LogP contribution in [0.5, 0.6) is 0 Å². The average Bonchev–Trinajstić information content (AvgIpc) is 2.49. The Labute approximate surface area is 135 Å². The number of sulfonamides is 1. The summed E-state index contributed by atoms with van der Waals surface area (Å²) in [5, 5.41) is 8.78. The van der Waals surface area contributed by atoms with Crippen LogP contribution in [-0.4, -0.2) is 25.5 Å². The van der Waals surface area contributed by atoms with Crippen molar-refractivity contribution in [3.8, 4) is 0 Å². The maximum atomic E-state index is 12.3. The van der Waals surface area contributed by atoms with E-state index in [0.29, 0.717) is 5.69 Å². The Morgan fingerprint density at radius 2 is 1.70 bits per heavy atom. The highest BCUT2D eigenvalue weighted by Crippen LogP contribution is 2.17. The molecule has 0 fully saturated rings. The highest BCUT2D eigenvalue weighted by atomic mass is 32.2. The van der Waals surface area contributed by atoms with E-state index >= 15 is 0 Å². The zero-order chi connectivity index (χ0) is 17.0. The van der Waals surface area contributed by atoms with E-state index in [4.69, 9.17) is 10.8 Å². The van der Waals surface area contributed by atoms with Crippen LogP contribution in [0.4, 0.5) is 5.69 Å². The molecule has 1 atom stereocenters. The molecule has 0 saturated carbocycles. The van der Waals surface area contributed by atoms with Crippen molar-refractivity contribution in [2.45, 2.75) is 24.3 Å². The fourth-order valence-electron chi connectivity index (χ4n) is 1.98. The molecule has 7 heteroatoms. The van der Waals surface area contributed by atoms with Gasteiger partial charge in [-0.15, -0.1) is 0 Å². The van der Waals surface area contributed by atoms with Crippen molar-refractivity contribution in [1.82, 2.24) is 0 Å². The van der Waals surface area contributed by atoms with Gasteiger partial charge in [-0.1, -0.05) is 29.8 Å². The quantitative estimate of drug-likeness (QED) is 0.745. The molecule has 0 aromatic heterocycles. The van der Waals surface area contributed by atoms with Gasteiger partial charge in [-0.05, 0) is 43.2 Å². The number of anilines is 1. The number of aliphatic carboxylic acids is 1. The summed E-state index contributed by atoms with van der Waals surface area (Å²) in [6.07, 6.45) is 0.181. The smallest absolute Gasteiger partial charge is 0.320 e. The van der Waals surface area contributed by atoms with Crippen molar-refractivity contribution in [2.24, 2.45) is 5.73 Å². The van der Waals surface area contributed by atoms with Gasteiger partial charge in [0.15, 0.2) is 0 Å². The third-order valence-electron chi connectivity index (χ3n) is 3.31. The summed E-state index contributed by atoms with van der Waals surface area (Å²) in [7, 11) is -3.65. The summed E-state index contributed by atoms with van der Waals surface area (Å²) in [6.45, 7) is 1.88. The lowest BCUT2D eigenvalue weighted by molar-refractivity contribution is -0.138. The minimum atomic E-state index is -3.65. The molecule has 23 heavy (non-hydrogen) atoms. The second-order valence-electron chi connectivity index (χ2n) is 5.26. The Bertz CT molecular complexity index is 784. The molecule has 0 bridgehead atoms. The van der Waals surface area contributed by atoms with Gasteiger partial charge in [0.25, 0.3) is 10.0 Å². The summed E-state index contributed by atoms with van der Waals surface area (Å²) in [4.78, 5) is 10.9. The van der Waals surface area contributed by atoms with Crippen molar-refractivity contribution in [2.75, 3.05) is 4.72 Å². The number of carbonyl (C=O) groups is 1. The summed E-state index contributed by atoms with van der Waals surface area (Å²) in [5.41, 5.74) is 7.56. The van der Waals surface area contributed by atoms with Gasteiger partial charge in [0, 0.05) is 5.69 Å². The Morgan fingerprint density at radius 3 is 2.22 bits per heavy atom. The second kappa shape index (κ2) is 6.80. The van der Waals surface area contributed by atoms with E-state index in [1.807, 2.05) is 6.92 Å². The average molecular weight is 334 g/mol. The van der Waals surface area contributed by atoms with E-state index in [0.717, 1.165) is 11.1 Å². The number of benzene rings is 2. The SMILES string of the molecule is Cc1ccc(S(=O)(=O)Nc2ccc(CC(N)C(=O)O)cc2)cc1. The Kier molecular flexibility index (Phi) is 5.02. The van der Waals surface area contributed by atoms with Crippen LogP contribution in [0, 0.1) is 6.92 Å². The molecule has 122 valence electrons. The predicted molar refractivity (Wildman–Crippen MR) is 87.7 cm³/mol. The molecule has 0 radical (unpaired) electrons. The van der Waals surface area contributed by atoms with Gasteiger partial charge in [-0.25, -0.2) is 8.42 Å². The van der Waals surface area contributed by atoms with Crippen LogP contribution >= 0.6 is 0 Å². The van der Waals surface area contributed by atoms with Crippen molar-refractivity contribution >= 4 is 21.7 Å². The number of aryl methyl sites for hydroxylation is 1. The molecule has 6 nitrogen and oxygen atoms in total. The van der Waals surface area contributed by atoms with Crippen molar-refractivity contribution in [1.29, 1.82) is 0 Å². The Morgan fingerprint density at radius 1 is 1.13 bits per heavy atom. The van der Waals surface area contributed by atoms with Gasteiger partial charge in [-0.3, -0.25) is 9.52 Å². The number of nitrogens with two attached hydrogens (primary N) is 1. The number of carboxylic acid groups (broad SMARTS) is 1. The molecule has 2 rings (SSSR count). The maximum Gasteiger partial charge on any atom is 0.320 e. The molecule has 2 aromatic carbocycles. The molecule has 0 heterocycles. The first-order valence-corrected chi connectivity index (χ1v) is 8.43. The van der Waals surface area contributed by atoms with E-state index in [2.05, 4.69) is 4.72 Å². The number of rotatable bonds is 6. The molecular weight excluding hydrogens is 316 g/mol. The third-order valence-corrected chi connectivity index (χ3v) is 4.71. The number of hydrogen-bond acceptors (Lipinski definition) is 4. The van der Waals surface area contributed by atoms with Crippen molar-refractivity contribution < 1.29 is 18.3 Å². The predicted octanol–water partition coefficient (Wildman–Crippen LogP) is 1.75. The van der Waals surface area contributed by atoms with Crippen LogP contribution in [0.3, 0.4) is 0 Å². The summed E-state index contributed by atoms with van der Waals surface area (Å²) >= 11 is 0. The monoisotopic (exact) mass is 334 g/mol. The number of carboxylic acids is 1. The molecule has 0 aliphatic heterocycles. The van der Waals surface area contributed by atoms with Gasteiger partial charge in [0.05, 0.1) is 4.90 Å². The van der Waals surface area contributed by atoms with E-state index in [-0.39, 0.29) is 11.3 Å². The standard InChI is InChI=1S/C16H18N2O4S/c1-11-2-8-14(9-3-11)23(21,22)18-13-6-4-12(5-7-13)10-15(17)16(19)20/h2-9,15,18H,10,17H2,1H3,(H,19,20). The van der Waals surface area contributed by atoms with Crippen LogP contribution in [0.15, 0.2) is 53.4 Å². The van der Waals surface area contributed by atoms with Crippen LogP contribution in [0.25, 0.3) is 0 Å². The summed E-state index contributed by atoms with van der Waals surface area (Å²) in [5.74, 6) is -1.07. The lowest BCUT2D eigenvalue weighted by Crippen LogP contribution is -2.32. The fourth-order valence-corrected chi connectivity index (χ4v) is 3.04. The first-order valence-electron chi connectivity index (χ1n) is 6.95. The second-order valence-corrected chi connectivity index (χ2v) is 6.95. The normalized spacial score (nSPS) is 12.6. The van der Waals surface area contributed by atoms with Gasteiger partial charge in [-0.2, -0.15) is 0 Å². The van der Waals surface area contributed by atoms with E-state index in [1.54, 1.807) is 36.4 Å². The largest absolute Gasteiger partial charge is 0.480 e. The van der Waals surface area contributed by atoms with E-state index < -0.39 is 22.0 Å². The van der Waals surface area contributed by atoms with E-state index in [1.165, 1.54) is 12.1 Å². The number of hydrogen-bond donors (Lipinski definition) is 3. The molecule has 0 amide bonds. The zero-order valence-electron chi connectivity index (χ0n) is 12.6. The van der Waals surface area contributed by atoms with Crippen LogP contribution in [0.2, 0.25) is 0 Å². The van der Waals surface area contributed by atoms with E-state index in [9.17, 15) is 13.2 Å². The van der Waals surface area contributed by atoms with Crippen LogP contribution in [-0.2, 0) is 21.2 Å². The van der Waals surface area contributed by atoms with Crippen LogP contribution in [0.1, 0.15) is 11.1 Å². The van der Waals surface area contributed by atoms with Gasteiger partial charge in [0.1, 0.15) is 6.04 Å². The molecule has 0 spiro atoms. The molecule has 0 aliphatic carbocycles. The highest BCUT2D eigenvalue weighted by molar-refractivity contribution is 7.92. The van der Waals surface area contributed by atoms with Gasteiger partial charge < -0.3 is 10.8 Å². The molecule has 0 saturated heterocycles. The minimum absolute atomic E-state index is 0.181. The van der Waals surface area contributed by atoms with Crippen molar-refractivity contribution in [3.05, 3.63) is 59.7 Å². The molecule has 0 aliphatic rings. The first kappa shape index (κ1) is 17.0. The molecular formula is C16H18N2O4S. The lowest BCUT2D eigenvalue weighted by Gasteiger charge is -2.10. The highest BCUT2D eigenvalue weighted by Gasteiger charge is 2.15. The topological polar surface area (TPSA) is 109 Å². The van der Waals surface area contributed by atoms with Crippen LogP contribution < -0.4 is 10.5 Å². The van der Waals surface area contributed by atoms with Gasteiger partial charge >= 0.3 is 5.97 Å². The Hall–Kier alpha value is -2.38. The molecule has 4 N–H and O–H groups in total. The fraction of sp³-hybridized carbons (Fsp3) is 0.188. The Balaban J connectivity index is 2.11. The number of nitrogens with one attached hydrogen (secondary N) is 1. The lowest BCUT2D eigenvalue weighted by atomic mass is 10.1. The maximum absolute atomic E-state index is 12.3. The molecule has 1 unspecified atom stereocenters. The van der Waals surface area contributed by atoms with Crippen molar-refractivity contribution in [3.63, 3.8) is 0 Å². The molecule has 2 aromatic rings. The van der Waals surface area contributed by atoms with Gasteiger partial charge in [0.2, 0.25) is 0 Å². The summed E-state index contributed by atoms with van der Waals surface area (Å²) < 4.78 is 27.0. The summed E-state index contributed by atoms with van der Waals surface area (Å²) in [6, 6.07) is 12.0. The first-order chi connectivity index (χ1) is 10.8.